The summed E-state index contributed by atoms with van der Waals surface area (Å²) in [6.07, 6.45) is 1.37. The van der Waals surface area contributed by atoms with E-state index in [1.165, 1.54) is 12.3 Å². The number of hydrogen-bond donors (Lipinski definition) is 2. The molecule has 2 N–H and O–H groups in total. The number of carbonyl (C=O) groups excluding carboxylic acids is 2. The SMILES string of the molecule is CCOc1cc(C=NNC(=O)C(=O)Nc2c(C)cccc2C)cc(Br)c1OCc1ccccc1F. The summed E-state index contributed by atoms with van der Waals surface area (Å²) in [7, 11) is 0. The molecule has 182 valence electrons. The second-order valence-electron chi connectivity index (χ2n) is 7.56. The zero-order chi connectivity index (χ0) is 25.4. The van der Waals surface area contributed by atoms with Gasteiger partial charge in [0.15, 0.2) is 11.5 Å². The molecule has 3 aromatic rings. The fourth-order valence-electron chi connectivity index (χ4n) is 3.23. The Morgan fingerprint density at radius 1 is 1.03 bits per heavy atom. The van der Waals surface area contributed by atoms with Gasteiger partial charge in [-0.2, -0.15) is 5.10 Å². The maximum atomic E-state index is 13.9. The van der Waals surface area contributed by atoms with E-state index in [0.29, 0.717) is 39.4 Å². The molecule has 0 bridgehead atoms. The highest BCUT2D eigenvalue weighted by atomic mass is 79.9. The Kier molecular flexibility index (Phi) is 8.97. The first-order valence-electron chi connectivity index (χ1n) is 10.8. The molecule has 9 heteroatoms. The van der Waals surface area contributed by atoms with E-state index in [1.807, 2.05) is 39.0 Å². The molecule has 0 aliphatic heterocycles. The van der Waals surface area contributed by atoms with E-state index >= 15 is 0 Å². The lowest BCUT2D eigenvalue weighted by Gasteiger charge is -2.15. The number of aryl methyl sites for hydroxylation is 2. The van der Waals surface area contributed by atoms with Gasteiger partial charge in [0, 0.05) is 11.3 Å². The van der Waals surface area contributed by atoms with Gasteiger partial charge < -0.3 is 14.8 Å². The van der Waals surface area contributed by atoms with Crippen molar-refractivity contribution in [1.29, 1.82) is 0 Å². The third kappa shape index (κ3) is 6.89. The molecule has 0 aliphatic rings. The smallest absolute Gasteiger partial charge is 0.329 e. The minimum atomic E-state index is -0.905. The maximum Gasteiger partial charge on any atom is 0.329 e. The molecule has 0 aromatic heterocycles. The summed E-state index contributed by atoms with van der Waals surface area (Å²) in [4.78, 5) is 24.4. The fourth-order valence-corrected chi connectivity index (χ4v) is 3.80. The number of rotatable bonds is 8. The van der Waals surface area contributed by atoms with Crippen molar-refractivity contribution in [1.82, 2.24) is 5.43 Å². The zero-order valence-corrected chi connectivity index (χ0v) is 21.1. The summed E-state index contributed by atoms with van der Waals surface area (Å²) >= 11 is 3.44. The van der Waals surface area contributed by atoms with Crippen molar-refractivity contribution in [3.63, 3.8) is 0 Å². The summed E-state index contributed by atoms with van der Waals surface area (Å²) in [6.45, 7) is 5.90. The van der Waals surface area contributed by atoms with Gasteiger partial charge in [-0.25, -0.2) is 9.82 Å². The van der Waals surface area contributed by atoms with Crippen molar-refractivity contribution >= 4 is 39.6 Å². The zero-order valence-electron chi connectivity index (χ0n) is 19.5. The van der Waals surface area contributed by atoms with Crippen molar-refractivity contribution < 1.29 is 23.5 Å². The molecule has 0 fully saturated rings. The average Bonchev–Trinajstić information content (AvgIpc) is 2.82. The minimum absolute atomic E-state index is 0.0182. The number of carbonyl (C=O) groups is 2. The summed E-state index contributed by atoms with van der Waals surface area (Å²) < 4.78 is 26.0. The summed E-state index contributed by atoms with van der Waals surface area (Å²) in [5, 5.41) is 6.48. The third-order valence-electron chi connectivity index (χ3n) is 4.97. The maximum absolute atomic E-state index is 13.9. The Labute approximate surface area is 211 Å². The Morgan fingerprint density at radius 3 is 2.43 bits per heavy atom. The van der Waals surface area contributed by atoms with Gasteiger partial charge in [-0.1, -0.05) is 36.4 Å². The number of amides is 2. The summed E-state index contributed by atoms with van der Waals surface area (Å²) in [5.41, 5.74) is 5.49. The van der Waals surface area contributed by atoms with Crippen LogP contribution in [0.5, 0.6) is 11.5 Å². The van der Waals surface area contributed by atoms with Gasteiger partial charge in [-0.15, -0.1) is 0 Å². The molecule has 0 unspecified atom stereocenters. The van der Waals surface area contributed by atoms with Crippen molar-refractivity contribution in [3.8, 4) is 11.5 Å². The Morgan fingerprint density at radius 2 is 1.74 bits per heavy atom. The number of nitrogens with zero attached hydrogens (tertiary/aromatic N) is 1. The Bertz CT molecular complexity index is 1240. The number of hydrazone groups is 1. The van der Waals surface area contributed by atoms with Crippen LogP contribution in [-0.4, -0.2) is 24.6 Å². The molecule has 0 spiro atoms. The van der Waals surface area contributed by atoms with Crippen LogP contribution >= 0.6 is 15.9 Å². The molecule has 7 nitrogen and oxygen atoms in total. The van der Waals surface area contributed by atoms with Crippen molar-refractivity contribution in [2.45, 2.75) is 27.4 Å². The molecule has 0 radical (unpaired) electrons. The normalized spacial score (nSPS) is 10.8. The van der Waals surface area contributed by atoms with Gasteiger partial charge >= 0.3 is 11.8 Å². The summed E-state index contributed by atoms with van der Waals surface area (Å²) in [5.74, 6) is -1.27. The second-order valence-corrected chi connectivity index (χ2v) is 8.42. The van der Waals surface area contributed by atoms with Gasteiger partial charge in [0.1, 0.15) is 12.4 Å². The van der Waals surface area contributed by atoms with E-state index in [1.54, 1.807) is 30.3 Å². The highest BCUT2D eigenvalue weighted by Crippen LogP contribution is 2.37. The number of anilines is 1. The number of hydrogen-bond acceptors (Lipinski definition) is 5. The standard InChI is InChI=1S/C26H25BrFN3O4/c1-4-34-22-13-18(12-20(27)24(22)35-15-19-10-5-6-11-21(19)28)14-29-31-26(33)25(32)30-23-16(2)8-7-9-17(23)3/h5-14H,4,15H2,1-3H3,(H,30,32)(H,31,33). The lowest BCUT2D eigenvalue weighted by Crippen LogP contribution is -2.32. The fraction of sp³-hybridized carbons (Fsp3) is 0.192. The van der Waals surface area contributed by atoms with Crippen LogP contribution in [0.1, 0.15) is 29.2 Å². The van der Waals surface area contributed by atoms with Crippen LogP contribution in [0.4, 0.5) is 10.1 Å². The Hall–Kier alpha value is -3.72. The van der Waals surface area contributed by atoms with Crippen molar-refractivity contribution in [2.24, 2.45) is 5.10 Å². The third-order valence-corrected chi connectivity index (χ3v) is 5.56. The first-order chi connectivity index (χ1) is 16.8. The Balaban J connectivity index is 1.68. The van der Waals surface area contributed by atoms with Gasteiger partial charge in [-0.05, 0) is 71.6 Å². The molecule has 2 amide bonds. The van der Waals surface area contributed by atoms with E-state index in [9.17, 15) is 14.0 Å². The number of ether oxygens (including phenoxy) is 2. The van der Waals surface area contributed by atoms with Crippen LogP contribution < -0.4 is 20.2 Å². The second kappa shape index (κ2) is 12.1. The van der Waals surface area contributed by atoms with Gasteiger partial charge in [0.05, 0.1) is 17.3 Å². The minimum Gasteiger partial charge on any atom is -0.490 e. The van der Waals surface area contributed by atoms with E-state index in [4.69, 9.17) is 9.47 Å². The molecule has 3 rings (SSSR count). The molecule has 3 aromatic carbocycles. The van der Waals surface area contributed by atoms with E-state index < -0.39 is 11.8 Å². The first kappa shape index (κ1) is 25.9. The van der Waals surface area contributed by atoms with E-state index in [2.05, 4.69) is 31.8 Å². The van der Waals surface area contributed by atoms with E-state index in [0.717, 1.165) is 11.1 Å². The van der Waals surface area contributed by atoms with Crippen LogP contribution in [0.25, 0.3) is 0 Å². The highest BCUT2D eigenvalue weighted by Gasteiger charge is 2.16. The van der Waals surface area contributed by atoms with Crippen molar-refractivity contribution in [3.05, 3.63) is 87.1 Å². The number of benzene rings is 3. The molecule has 0 saturated heterocycles. The van der Waals surface area contributed by atoms with Gasteiger partial charge in [-0.3, -0.25) is 9.59 Å². The van der Waals surface area contributed by atoms with E-state index in [-0.39, 0.29) is 12.4 Å². The predicted octanol–water partition coefficient (Wildman–Crippen LogP) is 5.27. The molecule has 35 heavy (non-hydrogen) atoms. The predicted molar refractivity (Wildman–Crippen MR) is 136 cm³/mol. The molecule has 0 aliphatic carbocycles. The van der Waals surface area contributed by atoms with Crippen LogP contribution in [0.3, 0.4) is 0 Å². The van der Waals surface area contributed by atoms with Crippen LogP contribution in [0, 0.1) is 19.7 Å². The van der Waals surface area contributed by atoms with Gasteiger partial charge in [0.25, 0.3) is 0 Å². The molecule has 0 atom stereocenters. The lowest BCUT2D eigenvalue weighted by atomic mass is 10.1. The molecule has 0 heterocycles. The molecular weight excluding hydrogens is 517 g/mol. The topological polar surface area (TPSA) is 89.0 Å². The van der Waals surface area contributed by atoms with Crippen LogP contribution in [0.2, 0.25) is 0 Å². The van der Waals surface area contributed by atoms with Gasteiger partial charge in [0.2, 0.25) is 0 Å². The number of halogens is 2. The summed E-state index contributed by atoms with van der Waals surface area (Å²) in [6, 6.07) is 15.3. The van der Waals surface area contributed by atoms with Crippen LogP contribution in [-0.2, 0) is 16.2 Å². The number of nitrogens with one attached hydrogen (secondary N) is 2. The molecular formula is C26H25BrFN3O4. The molecule has 0 saturated carbocycles. The van der Waals surface area contributed by atoms with Crippen LogP contribution in [0.15, 0.2) is 64.2 Å². The average molecular weight is 542 g/mol. The lowest BCUT2D eigenvalue weighted by molar-refractivity contribution is -0.136. The quantitative estimate of drug-likeness (QED) is 0.231. The van der Waals surface area contributed by atoms with Crippen molar-refractivity contribution in [2.75, 3.05) is 11.9 Å². The number of para-hydroxylation sites is 1. The largest absolute Gasteiger partial charge is 0.490 e. The first-order valence-corrected chi connectivity index (χ1v) is 11.6. The monoisotopic (exact) mass is 541 g/mol. The highest BCUT2D eigenvalue weighted by molar-refractivity contribution is 9.10.